The fraction of sp³-hybridized carbons (Fsp3) is 0.222. The number of nitrogens with one attached hydrogen (secondary N) is 1. The summed E-state index contributed by atoms with van der Waals surface area (Å²) < 4.78 is 13.1. The maximum absolute atomic E-state index is 13.1. The van der Waals surface area contributed by atoms with Gasteiger partial charge in [-0.05, 0) is 49.2 Å². The molecule has 0 aliphatic carbocycles. The first kappa shape index (κ1) is 13.9. The molecule has 0 spiro atoms. The molecule has 4 nitrogen and oxygen atoms in total. The summed E-state index contributed by atoms with van der Waals surface area (Å²) in [6, 6.07) is 12.0. The Kier molecular flexibility index (Phi) is 3.15. The number of halogens is 1. The molecule has 3 aromatic rings. The standard InChI is InChI=1S/C18H16FN3O/c1-11-15-10-13(4-7-16(15)21-20-11)18(23)22-9-8-17(22)12-2-5-14(19)6-3-12/h2-7,10,17H,8-9H2,1H3,(H,20,21)/t17-/m0/s1. The minimum Gasteiger partial charge on any atom is -0.331 e. The van der Waals surface area contributed by atoms with Gasteiger partial charge < -0.3 is 4.90 Å². The number of likely N-dealkylation sites (tertiary alicyclic amines) is 1. The zero-order valence-corrected chi connectivity index (χ0v) is 12.7. The number of aromatic nitrogens is 2. The summed E-state index contributed by atoms with van der Waals surface area (Å²) in [4.78, 5) is 14.6. The van der Waals surface area contributed by atoms with E-state index in [4.69, 9.17) is 0 Å². The van der Waals surface area contributed by atoms with E-state index in [-0.39, 0.29) is 17.8 Å². The van der Waals surface area contributed by atoms with Crippen LogP contribution in [0.2, 0.25) is 0 Å². The van der Waals surface area contributed by atoms with Crippen molar-refractivity contribution in [2.75, 3.05) is 6.54 Å². The third-order valence-electron chi connectivity index (χ3n) is 4.53. The van der Waals surface area contributed by atoms with Crippen LogP contribution < -0.4 is 0 Å². The van der Waals surface area contributed by atoms with E-state index >= 15 is 0 Å². The predicted molar refractivity (Wildman–Crippen MR) is 85.6 cm³/mol. The maximum atomic E-state index is 13.1. The van der Waals surface area contributed by atoms with Crippen LogP contribution in [0, 0.1) is 12.7 Å². The van der Waals surface area contributed by atoms with Crippen LogP contribution in [0.3, 0.4) is 0 Å². The van der Waals surface area contributed by atoms with Gasteiger partial charge in [-0.1, -0.05) is 12.1 Å². The second kappa shape index (κ2) is 5.19. The predicted octanol–water partition coefficient (Wildman–Crippen LogP) is 3.60. The first-order valence-corrected chi connectivity index (χ1v) is 7.64. The van der Waals surface area contributed by atoms with E-state index in [9.17, 15) is 9.18 Å². The smallest absolute Gasteiger partial charge is 0.254 e. The number of benzene rings is 2. The molecule has 1 aliphatic rings. The fourth-order valence-corrected chi connectivity index (χ4v) is 3.10. The molecule has 5 heteroatoms. The van der Waals surface area contributed by atoms with Crippen molar-refractivity contribution < 1.29 is 9.18 Å². The molecule has 116 valence electrons. The van der Waals surface area contributed by atoms with Crippen molar-refractivity contribution in [3.8, 4) is 0 Å². The summed E-state index contributed by atoms with van der Waals surface area (Å²) in [5.74, 6) is -0.250. The minimum absolute atomic E-state index is 0.00748. The highest BCUT2D eigenvalue weighted by molar-refractivity contribution is 5.99. The van der Waals surface area contributed by atoms with Crippen LogP contribution in [0.4, 0.5) is 4.39 Å². The van der Waals surface area contributed by atoms with Gasteiger partial charge in [-0.25, -0.2) is 4.39 Å². The molecule has 1 amide bonds. The Labute approximate surface area is 132 Å². The summed E-state index contributed by atoms with van der Waals surface area (Å²) in [6.45, 7) is 2.66. The van der Waals surface area contributed by atoms with Gasteiger partial charge in [0, 0.05) is 23.2 Å². The molecule has 1 aromatic heterocycles. The third-order valence-corrected chi connectivity index (χ3v) is 4.53. The molecule has 0 unspecified atom stereocenters. The largest absolute Gasteiger partial charge is 0.331 e. The Hall–Kier alpha value is -2.69. The number of aryl methyl sites for hydroxylation is 1. The van der Waals surface area contributed by atoms with Crippen LogP contribution in [-0.4, -0.2) is 27.5 Å². The monoisotopic (exact) mass is 309 g/mol. The van der Waals surface area contributed by atoms with E-state index in [0.717, 1.165) is 35.1 Å². The molecule has 2 heterocycles. The minimum atomic E-state index is -0.258. The first-order chi connectivity index (χ1) is 11.1. The number of fused-ring (bicyclic) bond motifs is 1. The Morgan fingerprint density at radius 2 is 2.04 bits per heavy atom. The number of carbonyl (C=O) groups excluding carboxylic acids is 1. The van der Waals surface area contributed by atoms with Crippen LogP contribution in [-0.2, 0) is 0 Å². The number of H-pyrrole nitrogens is 1. The highest BCUT2D eigenvalue weighted by Gasteiger charge is 2.33. The van der Waals surface area contributed by atoms with Gasteiger partial charge in [0.1, 0.15) is 5.82 Å². The number of rotatable bonds is 2. The molecular formula is C18H16FN3O. The van der Waals surface area contributed by atoms with Crippen molar-refractivity contribution in [1.82, 2.24) is 15.1 Å². The molecule has 0 saturated carbocycles. The van der Waals surface area contributed by atoms with Gasteiger partial charge in [-0.15, -0.1) is 0 Å². The third kappa shape index (κ3) is 2.29. The van der Waals surface area contributed by atoms with Crippen molar-refractivity contribution in [2.45, 2.75) is 19.4 Å². The van der Waals surface area contributed by atoms with E-state index in [2.05, 4.69) is 10.2 Å². The number of aromatic amines is 1. The topological polar surface area (TPSA) is 49.0 Å². The normalized spacial score (nSPS) is 17.3. The molecule has 4 rings (SSSR count). The van der Waals surface area contributed by atoms with Crippen molar-refractivity contribution in [2.24, 2.45) is 0 Å². The highest BCUT2D eigenvalue weighted by Crippen LogP contribution is 2.34. The zero-order valence-electron chi connectivity index (χ0n) is 12.7. The van der Waals surface area contributed by atoms with E-state index in [1.165, 1.54) is 12.1 Å². The summed E-state index contributed by atoms with van der Waals surface area (Å²) in [5, 5.41) is 8.08. The summed E-state index contributed by atoms with van der Waals surface area (Å²) in [5.41, 5.74) is 3.45. The van der Waals surface area contributed by atoms with E-state index in [1.54, 1.807) is 12.1 Å². The number of hydrogen-bond donors (Lipinski definition) is 1. The van der Waals surface area contributed by atoms with Gasteiger partial charge in [0.05, 0.1) is 11.6 Å². The summed E-state index contributed by atoms with van der Waals surface area (Å²) in [7, 11) is 0. The van der Waals surface area contributed by atoms with Gasteiger partial charge in [0.25, 0.3) is 5.91 Å². The number of nitrogens with zero attached hydrogens (tertiary/aromatic N) is 2. The number of carbonyl (C=O) groups is 1. The summed E-state index contributed by atoms with van der Waals surface area (Å²) >= 11 is 0. The quantitative estimate of drug-likeness (QED) is 0.786. The van der Waals surface area contributed by atoms with Gasteiger partial charge in [-0.3, -0.25) is 9.89 Å². The number of amides is 1. The van der Waals surface area contributed by atoms with Crippen molar-refractivity contribution >= 4 is 16.8 Å². The fourth-order valence-electron chi connectivity index (χ4n) is 3.10. The molecule has 23 heavy (non-hydrogen) atoms. The maximum Gasteiger partial charge on any atom is 0.254 e. The lowest BCUT2D eigenvalue weighted by Crippen LogP contribution is -2.45. The summed E-state index contributed by atoms with van der Waals surface area (Å²) in [6.07, 6.45) is 0.907. The van der Waals surface area contributed by atoms with Gasteiger partial charge in [-0.2, -0.15) is 5.10 Å². The molecule has 1 fully saturated rings. The molecular weight excluding hydrogens is 293 g/mol. The van der Waals surface area contributed by atoms with Crippen molar-refractivity contribution in [1.29, 1.82) is 0 Å². The Bertz CT molecular complexity index is 885. The Morgan fingerprint density at radius 3 is 2.74 bits per heavy atom. The second-order valence-electron chi connectivity index (χ2n) is 5.94. The van der Waals surface area contributed by atoms with Crippen LogP contribution in [0.1, 0.15) is 34.1 Å². The lowest BCUT2D eigenvalue weighted by molar-refractivity contribution is 0.0460. The highest BCUT2D eigenvalue weighted by atomic mass is 19.1. The Balaban J connectivity index is 1.62. The van der Waals surface area contributed by atoms with Crippen molar-refractivity contribution in [3.63, 3.8) is 0 Å². The van der Waals surface area contributed by atoms with Crippen LogP contribution >= 0.6 is 0 Å². The molecule has 1 aliphatic heterocycles. The van der Waals surface area contributed by atoms with Gasteiger partial charge >= 0.3 is 0 Å². The molecule has 0 radical (unpaired) electrons. The molecule has 0 bridgehead atoms. The van der Waals surface area contributed by atoms with Crippen LogP contribution in [0.5, 0.6) is 0 Å². The van der Waals surface area contributed by atoms with E-state index in [0.29, 0.717) is 5.56 Å². The molecule has 1 saturated heterocycles. The van der Waals surface area contributed by atoms with Crippen LogP contribution in [0.15, 0.2) is 42.5 Å². The Morgan fingerprint density at radius 1 is 1.26 bits per heavy atom. The zero-order chi connectivity index (χ0) is 16.0. The van der Waals surface area contributed by atoms with Gasteiger partial charge in [0.2, 0.25) is 0 Å². The number of hydrogen-bond acceptors (Lipinski definition) is 2. The first-order valence-electron chi connectivity index (χ1n) is 7.64. The SMILES string of the molecule is Cc1[nH]nc2ccc(C(=O)N3CC[C@H]3c3ccc(F)cc3)cc12. The molecule has 1 atom stereocenters. The average Bonchev–Trinajstić information content (AvgIpc) is 2.89. The molecule has 2 aromatic carbocycles. The second-order valence-corrected chi connectivity index (χ2v) is 5.94. The van der Waals surface area contributed by atoms with Crippen molar-refractivity contribution in [3.05, 3.63) is 65.1 Å². The van der Waals surface area contributed by atoms with Crippen LogP contribution in [0.25, 0.3) is 10.9 Å². The lowest BCUT2D eigenvalue weighted by Gasteiger charge is -2.41. The lowest BCUT2D eigenvalue weighted by atomic mass is 9.93. The van der Waals surface area contributed by atoms with Gasteiger partial charge in [0.15, 0.2) is 0 Å². The average molecular weight is 309 g/mol. The van der Waals surface area contributed by atoms with E-state index < -0.39 is 0 Å². The van der Waals surface area contributed by atoms with E-state index in [1.807, 2.05) is 30.0 Å². The molecule has 1 N–H and O–H groups in total.